The monoisotopic (exact) mass is 363 g/mol. The molecule has 1 aromatic heterocycles. The van der Waals surface area contributed by atoms with Gasteiger partial charge in [-0.15, -0.1) is 0 Å². The van der Waals surface area contributed by atoms with Gasteiger partial charge in [-0.1, -0.05) is 12.1 Å². The summed E-state index contributed by atoms with van der Waals surface area (Å²) < 4.78 is 5.23. The number of carbonyl (C=O) groups excluding carboxylic acids is 1. The Morgan fingerprint density at radius 3 is 2.37 bits per heavy atom. The highest BCUT2D eigenvalue weighted by Gasteiger charge is 2.05. The van der Waals surface area contributed by atoms with E-state index in [0.717, 1.165) is 22.8 Å². The zero-order valence-corrected chi connectivity index (χ0v) is 15.4. The van der Waals surface area contributed by atoms with Crippen LogP contribution in [0.5, 0.6) is 5.75 Å². The number of carbonyl (C=O) groups is 1. The minimum Gasteiger partial charge on any atom is -0.497 e. The second-order valence-corrected chi connectivity index (χ2v) is 5.96. The zero-order valence-electron chi connectivity index (χ0n) is 15.4. The molecular formula is C20H21N5O2. The molecule has 0 saturated carbocycles. The number of methoxy groups -OCH3 is 1. The van der Waals surface area contributed by atoms with Gasteiger partial charge in [0.15, 0.2) is 0 Å². The van der Waals surface area contributed by atoms with Crippen molar-refractivity contribution in [3.8, 4) is 5.75 Å². The molecule has 0 atom stereocenters. The van der Waals surface area contributed by atoms with Crippen molar-refractivity contribution in [2.24, 2.45) is 0 Å². The molecule has 0 aliphatic heterocycles. The van der Waals surface area contributed by atoms with Crippen molar-refractivity contribution >= 4 is 34.7 Å². The van der Waals surface area contributed by atoms with E-state index < -0.39 is 0 Å². The van der Waals surface area contributed by atoms with Crippen molar-refractivity contribution < 1.29 is 9.53 Å². The highest BCUT2D eigenvalue weighted by molar-refractivity contribution is 5.89. The second kappa shape index (κ2) is 8.18. The lowest BCUT2D eigenvalue weighted by molar-refractivity contribution is -0.114. The van der Waals surface area contributed by atoms with Gasteiger partial charge >= 0.3 is 0 Å². The molecule has 3 rings (SSSR count). The second-order valence-electron chi connectivity index (χ2n) is 5.96. The number of amides is 1. The molecular weight excluding hydrogens is 342 g/mol. The lowest BCUT2D eigenvalue weighted by Gasteiger charge is -2.11. The summed E-state index contributed by atoms with van der Waals surface area (Å²) in [7, 11) is 1.62. The summed E-state index contributed by atoms with van der Waals surface area (Å²) in [6.07, 6.45) is 0. The lowest BCUT2D eigenvalue weighted by Crippen LogP contribution is -2.06. The summed E-state index contributed by atoms with van der Waals surface area (Å²) in [4.78, 5) is 20.2. The number of nitrogens with one attached hydrogen (secondary N) is 3. The summed E-state index contributed by atoms with van der Waals surface area (Å²) in [6, 6.07) is 16.8. The number of rotatable bonds is 6. The number of benzene rings is 2. The standard InChI is InChI=1S/C20H21N5O2/c1-13-10-19(23-16-7-4-6-15(11-16)22-14(2)26)25-20(21-13)24-17-8-5-9-18(12-17)27-3/h4-12H,1-3H3,(H,22,26)(H2,21,23,24,25). The molecule has 7 heteroatoms. The largest absolute Gasteiger partial charge is 0.497 e. The van der Waals surface area contributed by atoms with E-state index >= 15 is 0 Å². The van der Waals surface area contributed by atoms with E-state index in [0.29, 0.717) is 17.5 Å². The number of anilines is 5. The predicted molar refractivity (Wildman–Crippen MR) is 107 cm³/mol. The molecule has 0 fully saturated rings. The van der Waals surface area contributed by atoms with Gasteiger partial charge in [-0.05, 0) is 37.3 Å². The summed E-state index contributed by atoms with van der Waals surface area (Å²) in [6.45, 7) is 3.38. The van der Waals surface area contributed by atoms with Crippen LogP contribution in [0, 0.1) is 6.92 Å². The molecule has 1 heterocycles. The van der Waals surface area contributed by atoms with Gasteiger partial charge in [0.25, 0.3) is 0 Å². The van der Waals surface area contributed by atoms with Gasteiger partial charge in [-0.25, -0.2) is 4.98 Å². The summed E-state index contributed by atoms with van der Waals surface area (Å²) in [5, 5.41) is 9.19. The van der Waals surface area contributed by atoms with Gasteiger partial charge in [0.2, 0.25) is 11.9 Å². The maximum absolute atomic E-state index is 11.2. The molecule has 138 valence electrons. The third kappa shape index (κ3) is 5.18. The fourth-order valence-corrected chi connectivity index (χ4v) is 2.54. The van der Waals surface area contributed by atoms with Crippen LogP contribution in [-0.2, 0) is 4.79 Å². The number of aromatic nitrogens is 2. The first-order valence-corrected chi connectivity index (χ1v) is 8.43. The molecule has 27 heavy (non-hydrogen) atoms. The van der Waals surface area contributed by atoms with Crippen molar-refractivity contribution in [1.29, 1.82) is 0 Å². The Balaban J connectivity index is 1.80. The van der Waals surface area contributed by atoms with Gasteiger partial charge in [-0.2, -0.15) is 4.98 Å². The Kier molecular flexibility index (Phi) is 5.51. The first-order chi connectivity index (χ1) is 13.0. The van der Waals surface area contributed by atoms with Gasteiger partial charge in [-0.3, -0.25) is 4.79 Å². The highest BCUT2D eigenvalue weighted by atomic mass is 16.5. The van der Waals surface area contributed by atoms with Crippen LogP contribution in [0.25, 0.3) is 0 Å². The van der Waals surface area contributed by atoms with Crippen molar-refractivity contribution in [2.45, 2.75) is 13.8 Å². The van der Waals surface area contributed by atoms with Gasteiger partial charge in [0.05, 0.1) is 7.11 Å². The Morgan fingerprint density at radius 1 is 0.926 bits per heavy atom. The van der Waals surface area contributed by atoms with E-state index in [1.165, 1.54) is 6.92 Å². The average molecular weight is 363 g/mol. The Hall–Kier alpha value is -3.61. The molecule has 0 bridgehead atoms. The van der Waals surface area contributed by atoms with Crippen LogP contribution in [0.3, 0.4) is 0 Å². The fourth-order valence-electron chi connectivity index (χ4n) is 2.54. The summed E-state index contributed by atoms with van der Waals surface area (Å²) >= 11 is 0. The van der Waals surface area contributed by atoms with Gasteiger partial charge < -0.3 is 20.7 Å². The molecule has 3 N–H and O–H groups in total. The van der Waals surface area contributed by atoms with Crippen molar-refractivity contribution in [2.75, 3.05) is 23.1 Å². The topological polar surface area (TPSA) is 88.2 Å². The predicted octanol–water partition coefficient (Wildman–Crippen LogP) is 4.24. The van der Waals surface area contributed by atoms with Gasteiger partial charge in [0, 0.05) is 41.8 Å². The van der Waals surface area contributed by atoms with Crippen molar-refractivity contribution in [3.63, 3.8) is 0 Å². The number of ether oxygens (including phenoxy) is 1. The third-order valence-corrected chi connectivity index (χ3v) is 3.64. The van der Waals surface area contributed by atoms with Crippen LogP contribution in [0.2, 0.25) is 0 Å². The molecule has 0 radical (unpaired) electrons. The SMILES string of the molecule is COc1cccc(Nc2nc(C)cc(Nc3cccc(NC(C)=O)c3)n2)c1. The van der Waals surface area contributed by atoms with E-state index in [-0.39, 0.29) is 5.91 Å². The molecule has 7 nitrogen and oxygen atoms in total. The van der Waals surface area contributed by atoms with Crippen LogP contribution < -0.4 is 20.7 Å². The lowest BCUT2D eigenvalue weighted by atomic mass is 10.2. The molecule has 0 spiro atoms. The van der Waals surface area contributed by atoms with Crippen molar-refractivity contribution in [1.82, 2.24) is 9.97 Å². The molecule has 2 aromatic carbocycles. The van der Waals surface area contributed by atoms with Crippen LogP contribution in [0.1, 0.15) is 12.6 Å². The van der Waals surface area contributed by atoms with E-state index in [1.807, 2.05) is 61.5 Å². The molecule has 1 amide bonds. The van der Waals surface area contributed by atoms with E-state index in [2.05, 4.69) is 25.9 Å². The van der Waals surface area contributed by atoms with Crippen LogP contribution in [-0.4, -0.2) is 23.0 Å². The Labute approximate surface area is 157 Å². The zero-order chi connectivity index (χ0) is 19.2. The maximum atomic E-state index is 11.2. The highest BCUT2D eigenvalue weighted by Crippen LogP contribution is 2.23. The molecule has 0 aliphatic carbocycles. The van der Waals surface area contributed by atoms with Crippen molar-refractivity contribution in [3.05, 3.63) is 60.3 Å². The first kappa shape index (κ1) is 18.2. The summed E-state index contributed by atoms with van der Waals surface area (Å²) in [5.41, 5.74) is 3.18. The quantitative estimate of drug-likeness (QED) is 0.607. The maximum Gasteiger partial charge on any atom is 0.229 e. The first-order valence-electron chi connectivity index (χ1n) is 8.43. The molecule has 3 aromatic rings. The Morgan fingerprint density at radius 2 is 1.63 bits per heavy atom. The van der Waals surface area contributed by atoms with Crippen LogP contribution in [0.4, 0.5) is 28.8 Å². The molecule has 0 aliphatic rings. The minimum atomic E-state index is -0.116. The number of hydrogen-bond donors (Lipinski definition) is 3. The fraction of sp³-hybridized carbons (Fsp3) is 0.150. The third-order valence-electron chi connectivity index (χ3n) is 3.64. The van der Waals surface area contributed by atoms with Crippen LogP contribution in [0.15, 0.2) is 54.6 Å². The van der Waals surface area contributed by atoms with E-state index in [9.17, 15) is 4.79 Å². The normalized spacial score (nSPS) is 10.2. The smallest absolute Gasteiger partial charge is 0.229 e. The average Bonchev–Trinajstić information content (AvgIpc) is 2.61. The molecule has 0 unspecified atom stereocenters. The minimum absolute atomic E-state index is 0.116. The Bertz CT molecular complexity index is 959. The number of aryl methyl sites for hydroxylation is 1. The number of nitrogens with zero attached hydrogens (tertiary/aromatic N) is 2. The van der Waals surface area contributed by atoms with Gasteiger partial charge in [0.1, 0.15) is 11.6 Å². The summed E-state index contributed by atoms with van der Waals surface area (Å²) in [5.74, 6) is 1.76. The van der Waals surface area contributed by atoms with Crippen LogP contribution >= 0.6 is 0 Å². The molecule has 0 saturated heterocycles. The number of hydrogen-bond acceptors (Lipinski definition) is 6. The van der Waals surface area contributed by atoms with E-state index in [4.69, 9.17) is 4.74 Å². The van der Waals surface area contributed by atoms with E-state index in [1.54, 1.807) is 7.11 Å².